The van der Waals surface area contributed by atoms with Gasteiger partial charge in [-0.25, -0.2) is 4.98 Å². The Kier molecular flexibility index (Phi) is 2.14. The molecule has 4 nitrogen and oxygen atoms in total. The van der Waals surface area contributed by atoms with Crippen molar-refractivity contribution >= 4 is 5.82 Å². The highest BCUT2D eigenvalue weighted by Gasteiger charge is 2.15. The maximum absolute atomic E-state index is 9.00. The van der Waals surface area contributed by atoms with E-state index in [1.54, 1.807) is 18.4 Å². The molecule has 0 saturated carbocycles. The van der Waals surface area contributed by atoms with E-state index >= 15 is 0 Å². The molecule has 2 aromatic heterocycles. The van der Waals surface area contributed by atoms with Crippen molar-refractivity contribution in [1.29, 1.82) is 5.26 Å². The molecule has 0 aliphatic carbocycles. The lowest BCUT2D eigenvalue weighted by Crippen LogP contribution is -2.16. The molecule has 0 radical (unpaired) electrons. The minimum absolute atomic E-state index is 0.365. The number of H-pyrrole nitrogens is 1. The van der Waals surface area contributed by atoms with E-state index in [0.29, 0.717) is 17.1 Å². The molecule has 0 aliphatic rings. The summed E-state index contributed by atoms with van der Waals surface area (Å²) in [6.45, 7) is 1.88. The molecule has 2 heterocycles. The number of aromatic nitrogens is 1. The highest BCUT2D eigenvalue weighted by molar-refractivity contribution is 5.70. The molecule has 4 heteroatoms. The summed E-state index contributed by atoms with van der Waals surface area (Å²) in [6, 6.07) is 7.48. The molecule has 0 bridgehead atoms. The molecular formula is C11H10N3O+. The average molecular weight is 200 g/mol. The van der Waals surface area contributed by atoms with Crippen LogP contribution in [0.4, 0.5) is 5.82 Å². The average Bonchev–Trinajstić information content (AvgIpc) is 2.69. The summed E-state index contributed by atoms with van der Waals surface area (Å²) in [5.41, 5.74) is 7.74. The first-order chi connectivity index (χ1) is 7.22. The van der Waals surface area contributed by atoms with Crippen molar-refractivity contribution in [3.8, 4) is 17.4 Å². The molecule has 0 amide bonds. The Bertz CT molecular complexity index is 524. The van der Waals surface area contributed by atoms with Crippen LogP contribution in [0.3, 0.4) is 0 Å². The predicted octanol–water partition coefficient (Wildman–Crippen LogP) is 1.52. The van der Waals surface area contributed by atoms with Crippen molar-refractivity contribution < 1.29 is 9.40 Å². The maximum Gasteiger partial charge on any atom is 0.289 e. The van der Waals surface area contributed by atoms with Crippen molar-refractivity contribution in [2.75, 3.05) is 5.73 Å². The number of nitrogen functional groups attached to an aromatic ring is 1. The monoisotopic (exact) mass is 200 g/mol. The summed E-state index contributed by atoms with van der Waals surface area (Å²) >= 11 is 0. The zero-order valence-corrected chi connectivity index (χ0v) is 8.24. The Hall–Kier alpha value is -2.28. The van der Waals surface area contributed by atoms with Crippen LogP contribution in [0, 0.1) is 18.3 Å². The molecule has 15 heavy (non-hydrogen) atoms. The van der Waals surface area contributed by atoms with E-state index < -0.39 is 0 Å². The summed E-state index contributed by atoms with van der Waals surface area (Å²) in [6.07, 6.45) is 1.57. The van der Waals surface area contributed by atoms with Crippen LogP contribution in [-0.4, -0.2) is 0 Å². The minimum atomic E-state index is 0.365. The van der Waals surface area contributed by atoms with E-state index in [-0.39, 0.29) is 0 Å². The van der Waals surface area contributed by atoms with Crippen molar-refractivity contribution in [2.24, 2.45) is 0 Å². The molecule has 0 saturated heterocycles. The predicted molar refractivity (Wildman–Crippen MR) is 54.6 cm³/mol. The van der Waals surface area contributed by atoms with Crippen LogP contribution < -0.4 is 10.7 Å². The van der Waals surface area contributed by atoms with Gasteiger partial charge in [-0.1, -0.05) is 0 Å². The molecule has 2 rings (SSSR count). The van der Waals surface area contributed by atoms with Gasteiger partial charge in [0, 0.05) is 5.56 Å². The van der Waals surface area contributed by atoms with Gasteiger partial charge in [0.05, 0.1) is 12.0 Å². The normalized spacial score (nSPS) is 9.87. The SMILES string of the molecule is Cc1cc(-c2ccco2)c(C#N)c(N)[nH+]1. The van der Waals surface area contributed by atoms with Crippen LogP contribution in [0.1, 0.15) is 11.3 Å². The maximum atomic E-state index is 9.00. The standard InChI is InChI=1S/C11H9N3O/c1-7-5-8(10-3-2-4-15-10)9(6-12)11(13)14-7/h2-5H,1H3,(H2,13,14)/p+1. The number of aromatic amines is 1. The summed E-state index contributed by atoms with van der Waals surface area (Å²) in [7, 11) is 0. The molecule has 0 aromatic carbocycles. The Morgan fingerprint density at radius 1 is 1.53 bits per heavy atom. The lowest BCUT2D eigenvalue weighted by Gasteiger charge is -2.01. The topological polar surface area (TPSA) is 77.1 Å². The van der Waals surface area contributed by atoms with Gasteiger partial charge in [0.2, 0.25) is 0 Å². The van der Waals surface area contributed by atoms with Crippen molar-refractivity contribution in [1.82, 2.24) is 0 Å². The summed E-state index contributed by atoms with van der Waals surface area (Å²) in [5.74, 6) is 1.01. The zero-order valence-electron chi connectivity index (χ0n) is 8.24. The molecule has 0 aliphatic heterocycles. The number of hydrogen-bond donors (Lipinski definition) is 1. The third kappa shape index (κ3) is 1.55. The van der Waals surface area contributed by atoms with Crippen LogP contribution in [-0.2, 0) is 0 Å². The highest BCUT2D eigenvalue weighted by atomic mass is 16.3. The quantitative estimate of drug-likeness (QED) is 0.758. The number of nitrogens with one attached hydrogen (secondary N) is 1. The van der Waals surface area contributed by atoms with Crippen molar-refractivity contribution in [3.63, 3.8) is 0 Å². The summed E-state index contributed by atoms with van der Waals surface area (Å²) < 4.78 is 5.25. The van der Waals surface area contributed by atoms with E-state index in [0.717, 1.165) is 11.3 Å². The van der Waals surface area contributed by atoms with Crippen molar-refractivity contribution in [2.45, 2.75) is 6.92 Å². The van der Waals surface area contributed by atoms with Gasteiger partial charge < -0.3 is 4.42 Å². The summed E-state index contributed by atoms with van der Waals surface area (Å²) in [4.78, 5) is 2.91. The molecule has 0 spiro atoms. The molecule has 74 valence electrons. The number of nitrogens with zero attached hydrogens (tertiary/aromatic N) is 1. The number of furan rings is 1. The number of nitrogens with two attached hydrogens (primary N) is 1. The number of aryl methyl sites for hydroxylation is 1. The third-order valence-corrected chi connectivity index (χ3v) is 2.13. The lowest BCUT2D eigenvalue weighted by atomic mass is 10.1. The lowest BCUT2D eigenvalue weighted by molar-refractivity contribution is -0.370. The van der Waals surface area contributed by atoms with Crippen molar-refractivity contribution in [3.05, 3.63) is 35.7 Å². The van der Waals surface area contributed by atoms with Gasteiger partial charge in [-0.15, -0.1) is 0 Å². The van der Waals surface area contributed by atoms with E-state index in [1.807, 2.05) is 13.0 Å². The van der Waals surface area contributed by atoms with Gasteiger partial charge in [0.25, 0.3) is 5.82 Å². The van der Waals surface area contributed by atoms with Crippen LogP contribution >= 0.6 is 0 Å². The van der Waals surface area contributed by atoms with Crippen LogP contribution in [0.5, 0.6) is 0 Å². The smallest absolute Gasteiger partial charge is 0.289 e. The van der Waals surface area contributed by atoms with Gasteiger partial charge >= 0.3 is 0 Å². The second-order valence-corrected chi connectivity index (χ2v) is 3.24. The molecule has 2 aromatic rings. The van der Waals surface area contributed by atoms with Gasteiger partial charge in [0.15, 0.2) is 5.56 Å². The Balaban J connectivity index is 2.71. The van der Waals surface area contributed by atoms with Crippen LogP contribution in [0.2, 0.25) is 0 Å². The number of rotatable bonds is 1. The molecule has 3 N–H and O–H groups in total. The Labute approximate surface area is 87.0 Å². The fourth-order valence-corrected chi connectivity index (χ4v) is 1.49. The number of pyridine rings is 1. The Morgan fingerprint density at radius 2 is 2.33 bits per heavy atom. The van der Waals surface area contributed by atoms with E-state index in [2.05, 4.69) is 11.1 Å². The largest absolute Gasteiger partial charge is 0.464 e. The number of anilines is 1. The second-order valence-electron chi connectivity index (χ2n) is 3.24. The number of hydrogen-bond acceptors (Lipinski definition) is 3. The minimum Gasteiger partial charge on any atom is -0.464 e. The Morgan fingerprint density at radius 3 is 2.93 bits per heavy atom. The first-order valence-corrected chi connectivity index (χ1v) is 4.48. The molecular weight excluding hydrogens is 190 g/mol. The highest BCUT2D eigenvalue weighted by Crippen LogP contribution is 2.25. The number of nitriles is 1. The first-order valence-electron chi connectivity index (χ1n) is 4.48. The van der Waals surface area contributed by atoms with Crippen LogP contribution in [0.15, 0.2) is 28.9 Å². The van der Waals surface area contributed by atoms with E-state index in [9.17, 15) is 0 Å². The fourth-order valence-electron chi connectivity index (χ4n) is 1.49. The molecule has 0 atom stereocenters. The first kappa shape index (κ1) is 9.28. The van der Waals surface area contributed by atoms with Gasteiger partial charge in [-0.2, -0.15) is 5.26 Å². The molecule has 0 fully saturated rings. The van der Waals surface area contributed by atoms with Gasteiger partial charge in [0.1, 0.15) is 11.8 Å². The second kappa shape index (κ2) is 3.46. The molecule has 0 unspecified atom stereocenters. The van der Waals surface area contributed by atoms with Gasteiger partial charge in [-0.05, 0) is 25.1 Å². The fraction of sp³-hybridized carbons (Fsp3) is 0.0909. The van der Waals surface area contributed by atoms with Crippen LogP contribution in [0.25, 0.3) is 11.3 Å². The van der Waals surface area contributed by atoms with Gasteiger partial charge in [-0.3, -0.25) is 5.73 Å². The van der Waals surface area contributed by atoms with E-state index in [1.165, 1.54) is 0 Å². The third-order valence-electron chi connectivity index (χ3n) is 2.13. The zero-order chi connectivity index (χ0) is 10.8. The van der Waals surface area contributed by atoms with E-state index in [4.69, 9.17) is 15.4 Å². The summed E-state index contributed by atoms with van der Waals surface area (Å²) in [5, 5.41) is 9.00.